The van der Waals surface area contributed by atoms with Gasteiger partial charge in [0, 0.05) is 31.2 Å². The molecule has 1 aliphatic heterocycles. The number of hydrogen-bond donors (Lipinski definition) is 0. The van der Waals surface area contributed by atoms with Gasteiger partial charge < -0.3 is 0 Å². The smallest absolute Gasteiger partial charge is 0.246 e. The Kier molecular flexibility index (Phi) is 4.30. The van der Waals surface area contributed by atoms with Crippen molar-refractivity contribution in [3.63, 3.8) is 0 Å². The first-order valence-corrected chi connectivity index (χ1v) is 8.27. The van der Waals surface area contributed by atoms with Crippen LogP contribution in [-0.2, 0) is 10.0 Å². The predicted octanol–water partition coefficient (Wildman–Crippen LogP) is 1.86. The Labute approximate surface area is 110 Å². The van der Waals surface area contributed by atoms with Crippen LogP contribution >= 0.6 is 23.4 Å². The quantitative estimate of drug-likeness (QED) is 0.835. The molecule has 1 fully saturated rings. The van der Waals surface area contributed by atoms with Crippen LogP contribution in [0.1, 0.15) is 6.42 Å². The van der Waals surface area contributed by atoms with Crippen molar-refractivity contribution in [3.05, 3.63) is 23.5 Å². The molecule has 1 aromatic rings. The largest absolute Gasteiger partial charge is 0.263 e. The maximum Gasteiger partial charge on any atom is 0.246 e. The molecule has 4 nitrogen and oxygen atoms in total. The highest BCUT2D eigenvalue weighted by molar-refractivity contribution is 7.99. The molecule has 1 aliphatic rings. The van der Waals surface area contributed by atoms with Gasteiger partial charge in [-0.1, -0.05) is 11.6 Å². The molecule has 94 valence electrons. The summed E-state index contributed by atoms with van der Waals surface area (Å²) in [7, 11) is -3.49. The van der Waals surface area contributed by atoms with Gasteiger partial charge in [-0.05, 0) is 18.2 Å². The Bertz CT molecular complexity index is 485. The molecular formula is C10H13ClN2O2S2. The molecule has 0 unspecified atom stereocenters. The van der Waals surface area contributed by atoms with Gasteiger partial charge in [0.05, 0.1) is 5.02 Å². The van der Waals surface area contributed by atoms with Crippen molar-refractivity contribution in [2.24, 2.45) is 0 Å². The van der Waals surface area contributed by atoms with Crippen LogP contribution in [0.3, 0.4) is 0 Å². The van der Waals surface area contributed by atoms with E-state index in [2.05, 4.69) is 4.98 Å². The van der Waals surface area contributed by atoms with E-state index in [1.54, 1.807) is 11.8 Å². The number of halogens is 1. The minimum atomic E-state index is -3.49. The van der Waals surface area contributed by atoms with Gasteiger partial charge in [0.2, 0.25) is 10.0 Å². The number of aromatic nitrogens is 1. The molecule has 0 aromatic carbocycles. The molecule has 2 rings (SSSR count). The number of hydrogen-bond acceptors (Lipinski definition) is 4. The highest BCUT2D eigenvalue weighted by Gasteiger charge is 2.27. The summed E-state index contributed by atoms with van der Waals surface area (Å²) in [5.74, 6) is 1.84. The fourth-order valence-electron chi connectivity index (χ4n) is 1.66. The number of pyridine rings is 1. The van der Waals surface area contributed by atoms with Crippen LogP contribution in [0.2, 0.25) is 5.02 Å². The van der Waals surface area contributed by atoms with Crippen molar-refractivity contribution in [1.29, 1.82) is 0 Å². The van der Waals surface area contributed by atoms with E-state index in [9.17, 15) is 8.42 Å². The number of sulfonamides is 1. The van der Waals surface area contributed by atoms with Crippen LogP contribution in [0.4, 0.5) is 0 Å². The molecule has 0 amide bonds. The average molecular weight is 293 g/mol. The second-order valence-corrected chi connectivity index (χ2v) is 7.21. The number of nitrogens with zero attached hydrogens (tertiary/aromatic N) is 2. The van der Waals surface area contributed by atoms with Crippen LogP contribution < -0.4 is 0 Å². The minimum Gasteiger partial charge on any atom is -0.263 e. The second kappa shape index (κ2) is 5.56. The van der Waals surface area contributed by atoms with Crippen LogP contribution in [0.5, 0.6) is 0 Å². The fraction of sp³-hybridized carbons (Fsp3) is 0.500. The summed E-state index contributed by atoms with van der Waals surface area (Å²) >= 11 is 7.70. The lowest BCUT2D eigenvalue weighted by molar-refractivity contribution is 0.435. The van der Waals surface area contributed by atoms with E-state index in [1.807, 2.05) is 0 Å². The molecule has 0 bridgehead atoms. The molecule has 0 saturated carbocycles. The first kappa shape index (κ1) is 13.1. The van der Waals surface area contributed by atoms with Crippen LogP contribution in [0, 0.1) is 0 Å². The molecule has 1 aromatic heterocycles. The SMILES string of the molecule is O=S(=O)(c1cnccc1Cl)N1CCCSCC1. The normalized spacial score (nSPS) is 18.9. The molecule has 0 aliphatic carbocycles. The second-order valence-electron chi connectivity index (χ2n) is 3.68. The Morgan fingerprint density at radius 1 is 1.35 bits per heavy atom. The van der Waals surface area contributed by atoms with Crippen molar-refractivity contribution >= 4 is 33.4 Å². The van der Waals surface area contributed by atoms with E-state index in [1.165, 1.54) is 22.8 Å². The maximum atomic E-state index is 12.4. The lowest BCUT2D eigenvalue weighted by Crippen LogP contribution is -2.33. The van der Waals surface area contributed by atoms with E-state index < -0.39 is 10.0 Å². The topological polar surface area (TPSA) is 50.3 Å². The molecule has 0 atom stereocenters. The summed E-state index contributed by atoms with van der Waals surface area (Å²) in [5.41, 5.74) is 0. The molecule has 7 heteroatoms. The Balaban J connectivity index is 2.32. The third-order valence-corrected chi connectivity index (χ3v) is 5.95. The lowest BCUT2D eigenvalue weighted by atomic mass is 10.5. The van der Waals surface area contributed by atoms with Crippen molar-refractivity contribution in [2.75, 3.05) is 24.6 Å². The van der Waals surface area contributed by atoms with Gasteiger partial charge in [0.25, 0.3) is 0 Å². The summed E-state index contributed by atoms with van der Waals surface area (Å²) in [6.07, 6.45) is 3.68. The Morgan fingerprint density at radius 2 is 2.18 bits per heavy atom. The molecule has 2 heterocycles. The van der Waals surface area contributed by atoms with Crippen LogP contribution in [0.15, 0.2) is 23.4 Å². The molecule has 0 spiro atoms. The Hall–Kier alpha value is -0.300. The van der Waals surface area contributed by atoms with Crippen molar-refractivity contribution in [1.82, 2.24) is 9.29 Å². The van der Waals surface area contributed by atoms with E-state index in [4.69, 9.17) is 11.6 Å². The average Bonchev–Trinajstić information content (AvgIpc) is 2.58. The standard InChI is InChI=1S/C10H13ClN2O2S2/c11-9-2-3-12-8-10(9)17(14,15)13-4-1-6-16-7-5-13/h2-3,8H,1,4-7H2. The predicted molar refractivity (Wildman–Crippen MR) is 69.9 cm³/mol. The fourth-order valence-corrected chi connectivity index (χ4v) is 4.54. The third kappa shape index (κ3) is 2.93. The summed E-state index contributed by atoms with van der Waals surface area (Å²) in [4.78, 5) is 3.94. The monoisotopic (exact) mass is 292 g/mol. The van der Waals surface area contributed by atoms with E-state index in [0.29, 0.717) is 13.1 Å². The van der Waals surface area contributed by atoms with Crippen molar-refractivity contribution in [2.45, 2.75) is 11.3 Å². The van der Waals surface area contributed by atoms with Gasteiger partial charge >= 0.3 is 0 Å². The summed E-state index contributed by atoms with van der Waals surface area (Å²) in [6, 6.07) is 1.50. The summed E-state index contributed by atoms with van der Waals surface area (Å²) in [6.45, 7) is 1.10. The van der Waals surface area contributed by atoms with E-state index in [0.717, 1.165) is 17.9 Å². The molecular weight excluding hydrogens is 280 g/mol. The molecule has 17 heavy (non-hydrogen) atoms. The summed E-state index contributed by atoms with van der Waals surface area (Å²) in [5, 5.41) is 0.233. The highest BCUT2D eigenvalue weighted by atomic mass is 35.5. The number of rotatable bonds is 2. The third-order valence-electron chi connectivity index (χ3n) is 2.53. The van der Waals surface area contributed by atoms with Gasteiger partial charge in [-0.2, -0.15) is 16.1 Å². The van der Waals surface area contributed by atoms with Crippen LogP contribution in [0.25, 0.3) is 0 Å². The van der Waals surface area contributed by atoms with E-state index in [-0.39, 0.29) is 9.92 Å². The van der Waals surface area contributed by atoms with Gasteiger partial charge in [-0.15, -0.1) is 0 Å². The van der Waals surface area contributed by atoms with Crippen LogP contribution in [-0.4, -0.2) is 42.3 Å². The highest BCUT2D eigenvalue weighted by Crippen LogP contribution is 2.24. The first-order chi connectivity index (χ1) is 8.12. The van der Waals surface area contributed by atoms with Crippen molar-refractivity contribution < 1.29 is 8.42 Å². The minimum absolute atomic E-state index is 0.105. The molecule has 1 saturated heterocycles. The molecule has 0 radical (unpaired) electrons. The zero-order chi connectivity index (χ0) is 12.3. The zero-order valence-electron chi connectivity index (χ0n) is 9.17. The van der Waals surface area contributed by atoms with Crippen molar-refractivity contribution in [3.8, 4) is 0 Å². The van der Waals surface area contributed by atoms with Gasteiger partial charge in [-0.3, -0.25) is 4.98 Å². The Morgan fingerprint density at radius 3 is 2.94 bits per heavy atom. The van der Waals surface area contributed by atoms with E-state index >= 15 is 0 Å². The lowest BCUT2D eigenvalue weighted by Gasteiger charge is -2.19. The van der Waals surface area contributed by atoms with Gasteiger partial charge in [-0.25, -0.2) is 8.42 Å². The molecule has 0 N–H and O–H groups in total. The maximum absolute atomic E-state index is 12.4. The zero-order valence-corrected chi connectivity index (χ0v) is 11.6. The van der Waals surface area contributed by atoms with Gasteiger partial charge in [0.1, 0.15) is 4.90 Å². The van der Waals surface area contributed by atoms with Gasteiger partial charge in [0.15, 0.2) is 0 Å². The first-order valence-electron chi connectivity index (χ1n) is 5.30. The number of thioether (sulfide) groups is 1. The summed E-state index contributed by atoms with van der Waals surface area (Å²) < 4.78 is 26.2.